The topological polar surface area (TPSA) is 102 Å². The third-order valence-electron chi connectivity index (χ3n) is 4.38. The van der Waals surface area contributed by atoms with Gasteiger partial charge in [0.1, 0.15) is 5.75 Å². The van der Waals surface area contributed by atoms with Crippen LogP contribution in [0.4, 0.5) is 0 Å². The molecule has 2 aromatic rings. The van der Waals surface area contributed by atoms with Crippen molar-refractivity contribution < 1.29 is 22.7 Å². The maximum Gasteiger partial charge on any atom is 0.258 e. The fourth-order valence-electron chi connectivity index (χ4n) is 2.97. The lowest BCUT2D eigenvalue weighted by molar-refractivity contribution is -0.123. The van der Waals surface area contributed by atoms with Crippen molar-refractivity contribution in [1.29, 1.82) is 0 Å². The smallest absolute Gasteiger partial charge is 0.258 e. The second kappa shape index (κ2) is 8.88. The molecule has 1 fully saturated rings. The molecule has 0 unspecified atom stereocenters. The van der Waals surface area contributed by atoms with Gasteiger partial charge in [-0.25, -0.2) is 8.42 Å². The molecule has 1 saturated heterocycles. The first-order valence-corrected chi connectivity index (χ1v) is 10.8. The first kappa shape index (κ1) is 19.9. The van der Waals surface area contributed by atoms with Gasteiger partial charge in [-0.05, 0) is 24.1 Å². The molecule has 7 nitrogen and oxygen atoms in total. The van der Waals surface area contributed by atoms with Crippen LogP contribution in [0.15, 0.2) is 54.6 Å². The van der Waals surface area contributed by atoms with E-state index in [2.05, 4.69) is 10.6 Å². The van der Waals surface area contributed by atoms with Gasteiger partial charge in [0.05, 0.1) is 17.1 Å². The van der Waals surface area contributed by atoms with Crippen molar-refractivity contribution in [3.05, 3.63) is 65.7 Å². The van der Waals surface area contributed by atoms with Crippen LogP contribution >= 0.6 is 0 Å². The van der Waals surface area contributed by atoms with Crippen LogP contribution in [-0.2, 0) is 21.2 Å². The number of ether oxygens (including phenoxy) is 1. The number of benzene rings is 2. The van der Waals surface area contributed by atoms with Crippen LogP contribution in [0.25, 0.3) is 0 Å². The second-order valence-electron chi connectivity index (χ2n) is 6.62. The Morgan fingerprint density at radius 2 is 1.75 bits per heavy atom. The van der Waals surface area contributed by atoms with Crippen LogP contribution in [0, 0.1) is 0 Å². The Hall–Kier alpha value is -2.87. The van der Waals surface area contributed by atoms with Gasteiger partial charge in [0.15, 0.2) is 16.4 Å². The number of sulfone groups is 1. The summed E-state index contributed by atoms with van der Waals surface area (Å²) in [6, 6.07) is 15.8. The average Bonchev–Trinajstić information content (AvgIpc) is 3.03. The highest BCUT2D eigenvalue weighted by Gasteiger charge is 2.29. The van der Waals surface area contributed by atoms with Crippen LogP contribution in [-0.4, -0.2) is 44.4 Å². The summed E-state index contributed by atoms with van der Waals surface area (Å²) in [4.78, 5) is 24.5. The number of carbonyl (C=O) groups excluding carboxylic acids is 2. The zero-order valence-electron chi connectivity index (χ0n) is 15.3. The molecule has 0 radical (unpaired) electrons. The summed E-state index contributed by atoms with van der Waals surface area (Å²) in [7, 11) is -3.06. The van der Waals surface area contributed by atoms with Crippen molar-refractivity contribution in [2.75, 3.05) is 18.1 Å². The van der Waals surface area contributed by atoms with Crippen molar-refractivity contribution in [2.45, 2.75) is 19.0 Å². The molecule has 1 heterocycles. The van der Waals surface area contributed by atoms with Gasteiger partial charge in [-0.3, -0.25) is 9.59 Å². The molecule has 2 N–H and O–H groups in total. The Bertz CT molecular complexity index is 944. The number of hydrogen-bond acceptors (Lipinski definition) is 5. The van der Waals surface area contributed by atoms with E-state index >= 15 is 0 Å². The molecule has 148 valence electrons. The van der Waals surface area contributed by atoms with Crippen molar-refractivity contribution in [2.24, 2.45) is 0 Å². The number of amides is 2. The summed E-state index contributed by atoms with van der Waals surface area (Å²) < 4.78 is 28.4. The van der Waals surface area contributed by atoms with Gasteiger partial charge >= 0.3 is 0 Å². The Balaban J connectivity index is 1.54. The minimum atomic E-state index is -3.06. The molecule has 0 bridgehead atoms. The van der Waals surface area contributed by atoms with E-state index in [1.54, 1.807) is 24.3 Å². The molecule has 8 heteroatoms. The monoisotopic (exact) mass is 402 g/mol. The van der Waals surface area contributed by atoms with Gasteiger partial charge in [0, 0.05) is 12.6 Å². The van der Waals surface area contributed by atoms with E-state index < -0.39 is 15.7 Å². The fourth-order valence-corrected chi connectivity index (χ4v) is 4.65. The second-order valence-corrected chi connectivity index (χ2v) is 8.85. The summed E-state index contributed by atoms with van der Waals surface area (Å²) in [5, 5.41) is 5.48. The molecule has 0 aliphatic carbocycles. The number of nitrogens with one attached hydrogen (secondary N) is 2. The minimum Gasteiger partial charge on any atom is -0.483 e. The molecule has 0 aromatic heterocycles. The largest absolute Gasteiger partial charge is 0.483 e. The molecule has 0 spiro atoms. The molecule has 1 aliphatic rings. The Labute approximate surface area is 164 Å². The molecule has 28 heavy (non-hydrogen) atoms. The molecule has 0 saturated carbocycles. The van der Waals surface area contributed by atoms with Gasteiger partial charge in [-0.1, -0.05) is 42.5 Å². The third-order valence-corrected chi connectivity index (χ3v) is 6.15. The maximum atomic E-state index is 12.5. The van der Waals surface area contributed by atoms with E-state index in [1.165, 1.54) is 0 Å². The van der Waals surface area contributed by atoms with Gasteiger partial charge in [0.25, 0.3) is 11.8 Å². The molecule has 1 atom stereocenters. The molecule has 1 aliphatic heterocycles. The Morgan fingerprint density at radius 1 is 1.04 bits per heavy atom. The first-order chi connectivity index (χ1) is 13.4. The molecule has 2 aromatic carbocycles. The predicted molar refractivity (Wildman–Crippen MR) is 105 cm³/mol. The van der Waals surface area contributed by atoms with Crippen LogP contribution in [0.2, 0.25) is 0 Å². The van der Waals surface area contributed by atoms with Gasteiger partial charge in [0.2, 0.25) is 0 Å². The standard InChI is InChI=1S/C20H22N2O5S/c23-19(22-16-10-11-28(25,26)14-16)13-27-18-9-5-4-8-17(18)20(24)21-12-15-6-2-1-3-7-15/h1-9,16H,10-14H2,(H,21,24)(H,22,23)/t16-/m0/s1. The SMILES string of the molecule is O=C(COc1ccccc1C(=O)NCc1ccccc1)N[C@H]1CCS(=O)(=O)C1. The van der Waals surface area contributed by atoms with Crippen LogP contribution in [0.3, 0.4) is 0 Å². The zero-order chi connectivity index (χ0) is 20.0. The van der Waals surface area contributed by atoms with E-state index in [9.17, 15) is 18.0 Å². The minimum absolute atomic E-state index is 0.0444. The molecule has 2 amide bonds. The normalized spacial score (nSPS) is 17.6. The number of para-hydroxylation sites is 1. The van der Waals surface area contributed by atoms with Crippen LogP contribution in [0.1, 0.15) is 22.3 Å². The lowest BCUT2D eigenvalue weighted by Crippen LogP contribution is -2.38. The highest BCUT2D eigenvalue weighted by Crippen LogP contribution is 2.18. The van der Waals surface area contributed by atoms with Crippen molar-refractivity contribution in [3.8, 4) is 5.75 Å². The van der Waals surface area contributed by atoms with E-state index in [0.717, 1.165) is 5.56 Å². The third kappa shape index (κ3) is 5.56. The van der Waals surface area contributed by atoms with Crippen molar-refractivity contribution in [1.82, 2.24) is 10.6 Å². The van der Waals surface area contributed by atoms with E-state index in [0.29, 0.717) is 24.3 Å². The van der Waals surface area contributed by atoms with E-state index in [-0.39, 0.29) is 30.1 Å². The lowest BCUT2D eigenvalue weighted by atomic mass is 10.1. The maximum absolute atomic E-state index is 12.5. The number of hydrogen-bond donors (Lipinski definition) is 2. The average molecular weight is 402 g/mol. The van der Waals surface area contributed by atoms with Crippen LogP contribution in [0.5, 0.6) is 5.75 Å². The van der Waals surface area contributed by atoms with Gasteiger partial charge in [-0.2, -0.15) is 0 Å². The lowest BCUT2D eigenvalue weighted by Gasteiger charge is -2.14. The summed E-state index contributed by atoms with van der Waals surface area (Å²) in [6.07, 6.45) is 0.409. The van der Waals surface area contributed by atoms with Gasteiger partial charge < -0.3 is 15.4 Å². The summed E-state index contributed by atoms with van der Waals surface area (Å²) in [5.41, 5.74) is 1.30. The predicted octanol–water partition coefficient (Wildman–Crippen LogP) is 1.30. The highest BCUT2D eigenvalue weighted by atomic mass is 32.2. The first-order valence-electron chi connectivity index (χ1n) is 8.97. The highest BCUT2D eigenvalue weighted by molar-refractivity contribution is 7.91. The summed E-state index contributed by atoms with van der Waals surface area (Å²) in [5.74, 6) is -0.383. The Kier molecular flexibility index (Phi) is 6.30. The van der Waals surface area contributed by atoms with E-state index in [4.69, 9.17) is 4.74 Å². The Morgan fingerprint density at radius 3 is 2.46 bits per heavy atom. The van der Waals surface area contributed by atoms with Gasteiger partial charge in [-0.15, -0.1) is 0 Å². The number of rotatable bonds is 7. The molecular weight excluding hydrogens is 380 g/mol. The summed E-state index contributed by atoms with van der Waals surface area (Å²) in [6.45, 7) is 0.0875. The number of carbonyl (C=O) groups is 2. The summed E-state index contributed by atoms with van der Waals surface area (Å²) >= 11 is 0. The van der Waals surface area contributed by atoms with Crippen LogP contribution < -0.4 is 15.4 Å². The quantitative estimate of drug-likeness (QED) is 0.727. The van der Waals surface area contributed by atoms with Crippen molar-refractivity contribution in [3.63, 3.8) is 0 Å². The fraction of sp³-hybridized carbons (Fsp3) is 0.300. The molecular formula is C20H22N2O5S. The van der Waals surface area contributed by atoms with E-state index in [1.807, 2.05) is 30.3 Å². The zero-order valence-corrected chi connectivity index (χ0v) is 16.1. The van der Waals surface area contributed by atoms with Crippen molar-refractivity contribution >= 4 is 21.7 Å². The molecule has 3 rings (SSSR count).